The van der Waals surface area contributed by atoms with Crippen LogP contribution < -0.4 is 0 Å². The molecule has 1 aliphatic rings. The minimum atomic E-state index is -0.897. The quantitative estimate of drug-likeness (QED) is 0.915. The van der Waals surface area contributed by atoms with Crippen molar-refractivity contribution in [2.75, 3.05) is 6.54 Å². The molecular weight excluding hydrogens is 290 g/mol. The molecule has 2 heterocycles. The van der Waals surface area contributed by atoms with Crippen LogP contribution in [0.3, 0.4) is 0 Å². The topological polar surface area (TPSA) is 69.2 Å². The molecule has 1 aliphatic heterocycles. The highest BCUT2D eigenvalue weighted by molar-refractivity contribution is 5.93. The summed E-state index contributed by atoms with van der Waals surface area (Å²) < 4.78 is 0. The number of aromatic nitrogens is 2. The van der Waals surface area contributed by atoms with Gasteiger partial charge in [0, 0.05) is 12.1 Å². The molecule has 2 N–H and O–H groups in total. The van der Waals surface area contributed by atoms with Gasteiger partial charge in [-0.2, -0.15) is 5.10 Å². The number of aryl methyl sites for hydroxylation is 1. The molecular formula is C18H23N3O2. The lowest BCUT2D eigenvalue weighted by atomic mass is 9.96. The van der Waals surface area contributed by atoms with E-state index in [1.165, 1.54) is 5.56 Å². The Bertz CT molecular complexity index is 698. The van der Waals surface area contributed by atoms with Gasteiger partial charge in [-0.25, -0.2) is 0 Å². The number of hydrogen-bond donors (Lipinski definition) is 2. The molecule has 5 heteroatoms. The number of likely N-dealkylation sites (tertiary alicyclic amines) is 1. The first-order valence-electron chi connectivity index (χ1n) is 8.02. The molecule has 1 fully saturated rings. The Morgan fingerprint density at radius 2 is 2.04 bits per heavy atom. The summed E-state index contributed by atoms with van der Waals surface area (Å²) in [4.78, 5) is 14.5. The molecule has 23 heavy (non-hydrogen) atoms. The van der Waals surface area contributed by atoms with Gasteiger partial charge in [0.05, 0.1) is 17.3 Å². The first kappa shape index (κ1) is 15.7. The largest absolute Gasteiger partial charge is 0.388 e. The van der Waals surface area contributed by atoms with Crippen LogP contribution in [0.5, 0.6) is 0 Å². The zero-order valence-corrected chi connectivity index (χ0v) is 13.8. The van der Waals surface area contributed by atoms with E-state index >= 15 is 0 Å². The van der Waals surface area contributed by atoms with E-state index in [9.17, 15) is 9.90 Å². The Morgan fingerprint density at radius 1 is 1.35 bits per heavy atom. The molecule has 1 unspecified atom stereocenters. The lowest BCUT2D eigenvalue weighted by Crippen LogP contribution is -2.48. The van der Waals surface area contributed by atoms with Crippen molar-refractivity contribution >= 4 is 5.91 Å². The molecule has 122 valence electrons. The van der Waals surface area contributed by atoms with Gasteiger partial charge in [-0.05, 0) is 39.7 Å². The highest BCUT2D eigenvalue weighted by atomic mass is 16.3. The third-order valence-electron chi connectivity index (χ3n) is 4.48. The van der Waals surface area contributed by atoms with Gasteiger partial charge in [0.1, 0.15) is 5.69 Å². The van der Waals surface area contributed by atoms with E-state index in [1.807, 2.05) is 31.2 Å². The van der Waals surface area contributed by atoms with Crippen molar-refractivity contribution in [1.29, 1.82) is 0 Å². The van der Waals surface area contributed by atoms with Crippen LogP contribution in [0.1, 0.15) is 42.7 Å². The first-order valence-corrected chi connectivity index (χ1v) is 8.02. The molecule has 3 rings (SSSR count). The summed E-state index contributed by atoms with van der Waals surface area (Å²) in [6.45, 7) is 6.22. The third-order valence-corrected chi connectivity index (χ3v) is 4.48. The monoisotopic (exact) mass is 313 g/mol. The predicted molar refractivity (Wildman–Crippen MR) is 89.1 cm³/mol. The molecule has 0 saturated carbocycles. The summed E-state index contributed by atoms with van der Waals surface area (Å²) in [6, 6.07) is 9.67. The summed E-state index contributed by atoms with van der Waals surface area (Å²) in [6.07, 6.45) is 1.74. The van der Waals surface area contributed by atoms with E-state index in [0.29, 0.717) is 12.2 Å². The van der Waals surface area contributed by atoms with E-state index in [2.05, 4.69) is 10.2 Å². The fourth-order valence-corrected chi connectivity index (χ4v) is 3.20. The maximum atomic E-state index is 12.7. The summed E-state index contributed by atoms with van der Waals surface area (Å²) >= 11 is 0. The Hall–Kier alpha value is -2.14. The van der Waals surface area contributed by atoms with E-state index in [1.54, 1.807) is 24.8 Å². The summed E-state index contributed by atoms with van der Waals surface area (Å²) in [5.41, 5.74) is 2.49. The number of amides is 1. The molecule has 1 aromatic heterocycles. The number of aromatic amines is 1. The molecule has 2 aromatic rings. The average Bonchev–Trinajstić information content (AvgIpc) is 3.16. The Labute approximate surface area is 136 Å². The fraction of sp³-hybridized carbons (Fsp3) is 0.444. The predicted octanol–water partition coefficient (Wildman–Crippen LogP) is 2.76. The van der Waals surface area contributed by atoms with Crippen LogP contribution in [-0.4, -0.2) is 44.3 Å². The van der Waals surface area contributed by atoms with Crippen molar-refractivity contribution in [1.82, 2.24) is 15.1 Å². The SMILES string of the molecule is Cc1ccc(-c2cc(C(=O)N3CCCC3C(C)(C)O)[nH]n2)cc1. The van der Waals surface area contributed by atoms with E-state index in [4.69, 9.17) is 0 Å². The molecule has 0 aliphatic carbocycles. The summed E-state index contributed by atoms with van der Waals surface area (Å²) in [5.74, 6) is -0.0968. The summed E-state index contributed by atoms with van der Waals surface area (Å²) in [7, 11) is 0. The van der Waals surface area contributed by atoms with Gasteiger partial charge in [-0.1, -0.05) is 29.8 Å². The highest BCUT2D eigenvalue weighted by Gasteiger charge is 2.39. The number of nitrogens with one attached hydrogen (secondary N) is 1. The minimum Gasteiger partial charge on any atom is -0.388 e. The van der Waals surface area contributed by atoms with Crippen LogP contribution in [0.2, 0.25) is 0 Å². The van der Waals surface area contributed by atoms with Crippen molar-refractivity contribution in [2.45, 2.75) is 45.3 Å². The van der Waals surface area contributed by atoms with Crippen LogP contribution in [-0.2, 0) is 0 Å². The maximum Gasteiger partial charge on any atom is 0.272 e. The van der Waals surface area contributed by atoms with Gasteiger partial charge in [-0.15, -0.1) is 0 Å². The van der Waals surface area contributed by atoms with Crippen molar-refractivity contribution < 1.29 is 9.90 Å². The Balaban J connectivity index is 1.82. The number of H-pyrrole nitrogens is 1. The second kappa shape index (κ2) is 5.81. The normalized spacial score (nSPS) is 18.4. The molecule has 1 amide bonds. The molecule has 1 atom stereocenters. The third kappa shape index (κ3) is 3.15. The number of carbonyl (C=O) groups excluding carboxylic acids is 1. The first-order chi connectivity index (χ1) is 10.9. The van der Waals surface area contributed by atoms with Crippen molar-refractivity contribution in [3.8, 4) is 11.3 Å². The van der Waals surface area contributed by atoms with Gasteiger partial charge in [0.25, 0.3) is 5.91 Å². The van der Waals surface area contributed by atoms with Gasteiger partial charge in [0.2, 0.25) is 0 Å². The maximum absolute atomic E-state index is 12.7. The number of nitrogens with zero attached hydrogens (tertiary/aromatic N) is 2. The Kier molecular flexibility index (Phi) is 3.98. The lowest BCUT2D eigenvalue weighted by Gasteiger charge is -2.33. The van der Waals surface area contributed by atoms with Gasteiger partial charge in [0.15, 0.2) is 0 Å². The van der Waals surface area contributed by atoms with Gasteiger partial charge >= 0.3 is 0 Å². The lowest BCUT2D eigenvalue weighted by molar-refractivity contribution is 0.000118. The number of aliphatic hydroxyl groups is 1. The van der Waals surface area contributed by atoms with Crippen LogP contribution in [0.15, 0.2) is 30.3 Å². The number of rotatable bonds is 3. The van der Waals surface area contributed by atoms with Gasteiger partial charge < -0.3 is 10.0 Å². The zero-order valence-electron chi connectivity index (χ0n) is 13.8. The molecule has 1 saturated heterocycles. The van der Waals surface area contributed by atoms with Crippen LogP contribution >= 0.6 is 0 Å². The van der Waals surface area contributed by atoms with E-state index in [0.717, 1.165) is 24.1 Å². The molecule has 5 nitrogen and oxygen atoms in total. The van der Waals surface area contributed by atoms with Crippen molar-refractivity contribution in [3.63, 3.8) is 0 Å². The molecule has 1 aromatic carbocycles. The van der Waals surface area contributed by atoms with Crippen LogP contribution in [0.25, 0.3) is 11.3 Å². The summed E-state index contributed by atoms with van der Waals surface area (Å²) in [5, 5.41) is 17.4. The molecule has 0 spiro atoms. The minimum absolute atomic E-state index is 0.0968. The number of hydrogen-bond acceptors (Lipinski definition) is 3. The smallest absolute Gasteiger partial charge is 0.272 e. The van der Waals surface area contributed by atoms with Crippen molar-refractivity contribution in [2.24, 2.45) is 0 Å². The fourth-order valence-electron chi connectivity index (χ4n) is 3.20. The second-order valence-corrected chi connectivity index (χ2v) is 6.84. The number of benzene rings is 1. The Morgan fingerprint density at radius 3 is 2.70 bits per heavy atom. The van der Waals surface area contributed by atoms with Crippen LogP contribution in [0, 0.1) is 6.92 Å². The number of carbonyl (C=O) groups is 1. The highest BCUT2D eigenvalue weighted by Crippen LogP contribution is 2.28. The van der Waals surface area contributed by atoms with E-state index < -0.39 is 5.60 Å². The van der Waals surface area contributed by atoms with Crippen LogP contribution in [0.4, 0.5) is 0 Å². The standard InChI is InChI=1S/C18H23N3O2/c1-12-6-8-13(9-7-12)14-11-15(20-19-14)17(22)21-10-4-5-16(21)18(2,3)23/h6-9,11,16,23H,4-5,10H2,1-3H3,(H,19,20). The zero-order chi connectivity index (χ0) is 16.6. The average molecular weight is 313 g/mol. The molecule has 0 bridgehead atoms. The van der Waals surface area contributed by atoms with Crippen molar-refractivity contribution in [3.05, 3.63) is 41.6 Å². The van der Waals surface area contributed by atoms with E-state index in [-0.39, 0.29) is 11.9 Å². The molecule has 0 radical (unpaired) electrons. The van der Waals surface area contributed by atoms with Gasteiger partial charge in [-0.3, -0.25) is 9.89 Å². The second-order valence-electron chi connectivity index (χ2n) is 6.84.